The number of hydrogen-bond acceptors (Lipinski definition) is 4. The van der Waals surface area contributed by atoms with E-state index < -0.39 is 28.9 Å². The van der Waals surface area contributed by atoms with E-state index in [-0.39, 0.29) is 28.9 Å². The molecule has 7 nitrogen and oxygen atoms in total. The van der Waals surface area contributed by atoms with Crippen LogP contribution in [0.2, 0.25) is 0 Å². The summed E-state index contributed by atoms with van der Waals surface area (Å²) in [4.78, 5) is 39.0. The zero-order valence-electron chi connectivity index (χ0n) is 19.4. The maximum atomic E-state index is 15.0. The lowest BCUT2D eigenvalue weighted by atomic mass is 9.99. The normalized spacial score (nSPS) is 18.1. The molecule has 4 aromatic rings. The summed E-state index contributed by atoms with van der Waals surface area (Å²) in [5.74, 6) is -0.901. The molecule has 0 aliphatic carbocycles. The molecule has 2 fully saturated rings. The predicted octanol–water partition coefficient (Wildman–Crippen LogP) is 4.76. The number of hydrogen-bond donors (Lipinski definition) is 2. The van der Waals surface area contributed by atoms with Gasteiger partial charge in [-0.3, -0.25) is 9.59 Å². The largest absolute Gasteiger partial charge is 0.417 e. The maximum Gasteiger partial charge on any atom is 0.417 e. The van der Waals surface area contributed by atoms with E-state index >= 15 is 4.39 Å². The number of benzene rings is 2. The Morgan fingerprint density at radius 1 is 1.11 bits per heavy atom. The van der Waals surface area contributed by atoms with Gasteiger partial charge in [0.2, 0.25) is 5.91 Å². The summed E-state index contributed by atoms with van der Waals surface area (Å²) in [5.41, 5.74) is 0.123. The van der Waals surface area contributed by atoms with E-state index in [0.29, 0.717) is 43.0 Å². The number of amides is 1. The molecule has 11 heteroatoms. The molecule has 0 unspecified atom stereocenters. The van der Waals surface area contributed by atoms with Crippen LogP contribution >= 0.6 is 0 Å². The van der Waals surface area contributed by atoms with Gasteiger partial charge in [0.05, 0.1) is 16.8 Å². The summed E-state index contributed by atoms with van der Waals surface area (Å²) in [6.45, 7) is 1.81. The van der Waals surface area contributed by atoms with Gasteiger partial charge >= 0.3 is 6.18 Å². The van der Waals surface area contributed by atoms with E-state index in [0.717, 1.165) is 18.6 Å². The fraction of sp³-hybridized carbons (Fsp3) is 0.269. The van der Waals surface area contributed by atoms with Crippen LogP contribution < -0.4 is 4.90 Å². The van der Waals surface area contributed by atoms with Gasteiger partial charge in [-0.15, -0.1) is 0 Å². The Hall–Kier alpha value is -4.15. The molecule has 2 aromatic heterocycles. The van der Waals surface area contributed by atoms with E-state index in [9.17, 15) is 22.8 Å². The third-order valence-corrected chi connectivity index (χ3v) is 7.06. The Morgan fingerprint density at radius 2 is 1.92 bits per heavy atom. The number of nitrogens with one attached hydrogen (secondary N) is 2. The van der Waals surface area contributed by atoms with Crippen molar-refractivity contribution in [1.29, 1.82) is 0 Å². The van der Waals surface area contributed by atoms with Crippen LogP contribution in [0, 0.1) is 5.82 Å². The van der Waals surface area contributed by atoms with Gasteiger partial charge in [-0.1, -0.05) is 18.2 Å². The van der Waals surface area contributed by atoms with Gasteiger partial charge in [0.25, 0.3) is 0 Å². The molecule has 1 atom stereocenters. The highest BCUT2D eigenvalue weighted by molar-refractivity contribution is 6.10. The number of halogens is 4. The summed E-state index contributed by atoms with van der Waals surface area (Å²) in [6.07, 6.45) is -2.03. The van der Waals surface area contributed by atoms with Crippen molar-refractivity contribution in [2.45, 2.75) is 25.1 Å². The van der Waals surface area contributed by atoms with Crippen LogP contribution in [0.15, 0.2) is 48.7 Å². The Bertz CT molecular complexity index is 1540. The number of piperazine rings is 1. The Balaban J connectivity index is 1.28. The first-order valence-electron chi connectivity index (χ1n) is 11.8. The lowest BCUT2D eigenvalue weighted by Gasteiger charge is -2.38. The number of anilines is 1. The molecule has 2 aromatic carbocycles. The highest BCUT2D eigenvalue weighted by Crippen LogP contribution is 2.34. The molecule has 2 N–H and O–H groups in total. The SMILES string of the molecule is O=C(c1c[nH]c(-c2nc3c(F)cc(N4CCN5C(=O)CC[C@@H]5C4)cc3[nH]2)c1)c1ccccc1C(F)(F)F. The average molecular weight is 511 g/mol. The predicted molar refractivity (Wildman–Crippen MR) is 128 cm³/mol. The number of aromatic amines is 2. The van der Waals surface area contributed by atoms with Gasteiger partial charge < -0.3 is 19.8 Å². The Morgan fingerprint density at radius 3 is 2.73 bits per heavy atom. The Labute approximate surface area is 208 Å². The summed E-state index contributed by atoms with van der Waals surface area (Å²) in [7, 11) is 0. The molecular formula is C26H21F4N5O2. The highest BCUT2D eigenvalue weighted by Gasteiger charge is 2.36. The second-order valence-electron chi connectivity index (χ2n) is 9.31. The zero-order valence-corrected chi connectivity index (χ0v) is 19.4. The molecule has 0 spiro atoms. The minimum absolute atomic E-state index is 0.0253. The number of imidazole rings is 1. The molecule has 6 rings (SSSR count). The molecule has 2 saturated heterocycles. The number of fused-ring (bicyclic) bond motifs is 2. The van der Waals surface area contributed by atoms with Crippen molar-refractivity contribution in [2.24, 2.45) is 0 Å². The number of ketones is 1. The van der Waals surface area contributed by atoms with Crippen LogP contribution in [0.4, 0.5) is 23.2 Å². The van der Waals surface area contributed by atoms with Crippen molar-refractivity contribution in [3.63, 3.8) is 0 Å². The average Bonchev–Trinajstić information content (AvgIpc) is 3.61. The summed E-state index contributed by atoms with van der Waals surface area (Å²) in [6, 6.07) is 9.32. The number of carbonyl (C=O) groups excluding carboxylic acids is 2. The third-order valence-electron chi connectivity index (χ3n) is 7.06. The minimum atomic E-state index is -4.67. The Kier molecular flexibility index (Phi) is 5.32. The van der Waals surface area contributed by atoms with Crippen LogP contribution in [0.3, 0.4) is 0 Å². The lowest BCUT2D eigenvalue weighted by molar-refractivity contribution is -0.138. The summed E-state index contributed by atoms with van der Waals surface area (Å²) in [5, 5.41) is 0. The van der Waals surface area contributed by atoms with E-state index in [4.69, 9.17) is 0 Å². The van der Waals surface area contributed by atoms with E-state index in [1.165, 1.54) is 30.5 Å². The number of H-pyrrole nitrogens is 2. The van der Waals surface area contributed by atoms with Crippen molar-refractivity contribution < 1.29 is 27.2 Å². The molecular weight excluding hydrogens is 490 g/mol. The first kappa shape index (κ1) is 23.3. The van der Waals surface area contributed by atoms with Crippen molar-refractivity contribution in [1.82, 2.24) is 19.9 Å². The first-order chi connectivity index (χ1) is 17.7. The van der Waals surface area contributed by atoms with E-state index in [1.807, 2.05) is 9.80 Å². The fourth-order valence-electron chi connectivity index (χ4n) is 5.22. The summed E-state index contributed by atoms with van der Waals surface area (Å²) >= 11 is 0. The van der Waals surface area contributed by atoms with E-state index in [1.54, 1.807) is 6.07 Å². The second-order valence-corrected chi connectivity index (χ2v) is 9.31. The van der Waals surface area contributed by atoms with Crippen molar-refractivity contribution in [3.8, 4) is 11.5 Å². The quantitative estimate of drug-likeness (QED) is 0.306. The zero-order chi connectivity index (χ0) is 25.9. The van der Waals surface area contributed by atoms with Crippen LogP contribution in [0.1, 0.15) is 34.3 Å². The number of rotatable bonds is 4. The van der Waals surface area contributed by atoms with Gasteiger partial charge in [0.15, 0.2) is 17.4 Å². The lowest BCUT2D eigenvalue weighted by Crippen LogP contribution is -2.51. The summed E-state index contributed by atoms with van der Waals surface area (Å²) < 4.78 is 55.1. The maximum absolute atomic E-state index is 15.0. The fourth-order valence-corrected chi connectivity index (χ4v) is 5.22. The van der Waals surface area contributed by atoms with Gasteiger partial charge in [0.1, 0.15) is 5.52 Å². The number of aromatic nitrogens is 3. The van der Waals surface area contributed by atoms with Gasteiger partial charge in [-0.05, 0) is 30.7 Å². The van der Waals surface area contributed by atoms with Crippen LogP contribution in [0.5, 0.6) is 0 Å². The van der Waals surface area contributed by atoms with Gasteiger partial charge in [-0.25, -0.2) is 9.37 Å². The molecule has 1 amide bonds. The van der Waals surface area contributed by atoms with E-state index in [2.05, 4.69) is 15.0 Å². The molecule has 37 heavy (non-hydrogen) atoms. The molecule has 0 bridgehead atoms. The molecule has 0 saturated carbocycles. The number of carbonyl (C=O) groups is 2. The van der Waals surface area contributed by atoms with Crippen LogP contribution in [-0.4, -0.2) is 57.2 Å². The van der Waals surface area contributed by atoms with Crippen molar-refractivity contribution >= 4 is 28.4 Å². The van der Waals surface area contributed by atoms with Crippen molar-refractivity contribution in [2.75, 3.05) is 24.5 Å². The standard InChI is InChI=1S/C26H21F4N5O2/c27-19-10-16(34-7-8-35-15(13-34)5-6-22(35)36)11-20-23(19)33-25(32-20)21-9-14(12-31-21)24(37)17-3-1-2-4-18(17)26(28,29)30/h1-4,9-12,15,31H,5-8,13H2,(H,32,33)/t15-/m1/s1. The van der Waals surface area contributed by atoms with Crippen LogP contribution in [0.25, 0.3) is 22.6 Å². The smallest absolute Gasteiger partial charge is 0.368 e. The van der Waals surface area contributed by atoms with Gasteiger partial charge in [-0.2, -0.15) is 13.2 Å². The number of alkyl halides is 3. The minimum Gasteiger partial charge on any atom is -0.368 e. The highest BCUT2D eigenvalue weighted by atomic mass is 19.4. The molecule has 0 radical (unpaired) electrons. The van der Waals surface area contributed by atoms with Crippen LogP contribution in [-0.2, 0) is 11.0 Å². The molecule has 2 aliphatic heterocycles. The number of nitrogens with zero attached hydrogens (tertiary/aromatic N) is 3. The third kappa shape index (κ3) is 4.04. The molecule has 190 valence electrons. The van der Waals surface area contributed by atoms with Crippen molar-refractivity contribution in [3.05, 3.63) is 71.2 Å². The van der Waals surface area contributed by atoms with Gasteiger partial charge in [0, 0.05) is 55.1 Å². The topological polar surface area (TPSA) is 85.1 Å². The monoisotopic (exact) mass is 511 g/mol. The first-order valence-corrected chi connectivity index (χ1v) is 11.8. The second kappa shape index (κ2) is 8.46. The molecule has 4 heterocycles. The molecule has 2 aliphatic rings.